The molecule has 0 nitrogen and oxygen atoms in total. The highest BCUT2D eigenvalue weighted by atomic mass is 19.1. The smallest absolute Gasteiger partial charge is 0.134 e. The zero-order valence-electron chi connectivity index (χ0n) is 12.2. The van der Waals surface area contributed by atoms with Crippen molar-refractivity contribution in [3.63, 3.8) is 0 Å². The Labute approximate surface area is 119 Å². The Morgan fingerprint density at radius 2 is 1.50 bits per heavy atom. The van der Waals surface area contributed by atoms with E-state index in [0.717, 1.165) is 24.0 Å². The lowest BCUT2D eigenvalue weighted by Gasteiger charge is -2.16. The zero-order chi connectivity index (χ0) is 14.7. The minimum absolute atomic E-state index is 0.0813. The molecule has 0 fully saturated rings. The molecular formula is C18H20F2. The molecule has 2 aromatic rings. The quantitative estimate of drug-likeness (QED) is 0.656. The molecule has 0 aliphatic rings. The molecule has 0 saturated carbocycles. The Kier molecular flexibility index (Phi) is 4.53. The van der Waals surface area contributed by atoms with Crippen LogP contribution in [-0.4, -0.2) is 0 Å². The molecule has 0 N–H and O–H groups in total. The van der Waals surface area contributed by atoms with Gasteiger partial charge in [-0.3, -0.25) is 0 Å². The third-order valence-corrected chi connectivity index (χ3v) is 3.94. The van der Waals surface area contributed by atoms with Gasteiger partial charge in [-0.1, -0.05) is 38.1 Å². The van der Waals surface area contributed by atoms with E-state index < -0.39 is 11.6 Å². The monoisotopic (exact) mass is 274 g/mol. The van der Waals surface area contributed by atoms with E-state index in [-0.39, 0.29) is 11.5 Å². The van der Waals surface area contributed by atoms with Gasteiger partial charge in [0, 0.05) is 0 Å². The van der Waals surface area contributed by atoms with Crippen LogP contribution in [0.3, 0.4) is 0 Å². The van der Waals surface area contributed by atoms with Crippen LogP contribution < -0.4 is 0 Å². The van der Waals surface area contributed by atoms with Crippen LogP contribution in [-0.2, 0) is 0 Å². The molecule has 0 saturated heterocycles. The van der Waals surface area contributed by atoms with Crippen molar-refractivity contribution in [3.8, 4) is 11.1 Å². The molecule has 106 valence electrons. The van der Waals surface area contributed by atoms with E-state index in [1.807, 2.05) is 32.9 Å². The maximum atomic E-state index is 14.4. The summed E-state index contributed by atoms with van der Waals surface area (Å²) < 4.78 is 28.7. The molecule has 2 aromatic carbocycles. The van der Waals surface area contributed by atoms with Gasteiger partial charge in [0.2, 0.25) is 0 Å². The molecule has 2 rings (SSSR count). The molecule has 20 heavy (non-hydrogen) atoms. The van der Waals surface area contributed by atoms with E-state index in [4.69, 9.17) is 0 Å². The molecule has 0 aromatic heterocycles. The molecule has 0 atom stereocenters. The average Bonchev–Trinajstić information content (AvgIpc) is 2.41. The van der Waals surface area contributed by atoms with Crippen molar-refractivity contribution in [2.24, 2.45) is 0 Å². The van der Waals surface area contributed by atoms with E-state index in [0.29, 0.717) is 5.56 Å². The average molecular weight is 274 g/mol. The second-order valence-corrected chi connectivity index (χ2v) is 5.19. The molecular weight excluding hydrogens is 254 g/mol. The predicted molar refractivity (Wildman–Crippen MR) is 79.9 cm³/mol. The molecule has 0 heterocycles. The van der Waals surface area contributed by atoms with Crippen LogP contribution in [0.2, 0.25) is 0 Å². The number of hydrogen-bond acceptors (Lipinski definition) is 0. The maximum Gasteiger partial charge on any atom is 0.134 e. The van der Waals surface area contributed by atoms with Gasteiger partial charge in [-0.15, -0.1) is 0 Å². The topological polar surface area (TPSA) is 0 Å². The number of benzene rings is 2. The Hall–Kier alpha value is -1.70. The normalized spacial score (nSPS) is 11.1. The van der Waals surface area contributed by atoms with Crippen molar-refractivity contribution >= 4 is 0 Å². The fraction of sp³-hybridized carbons (Fsp3) is 0.333. The van der Waals surface area contributed by atoms with Gasteiger partial charge in [0.1, 0.15) is 11.6 Å². The molecule has 0 bridgehead atoms. The summed E-state index contributed by atoms with van der Waals surface area (Å²) >= 11 is 0. The second kappa shape index (κ2) is 6.17. The zero-order valence-corrected chi connectivity index (χ0v) is 12.2. The van der Waals surface area contributed by atoms with Crippen molar-refractivity contribution < 1.29 is 8.78 Å². The van der Waals surface area contributed by atoms with Gasteiger partial charge in [-0.25, -0.2) is 8.78 Å². The van der Waals surface area contributed by atoms with Crippen molar-refractivity contribution in [1.82, 2.24) is 0 Å². The predicted octanol–water partition coefficient (Wildman–Crippen LogP) is 5.84. The summed E-state index contributed by atoms with van der Waals surface area (Å²) in [7, 11) is 0. The van der Waals surface area contributed by atoms with Gasteiger partial charge in [0.25, 0.3) is 0 Å². The first-order valence-corrected chi connectivity index (χ1v) is 7.13. The Morgan fingerprint density at radius 1 is 0.950 bits per heavy atom. The SMILES string of the molecule is CCC(CC)c1cc(F)c(-c2ccccc2C)c(F)c1. The van der Waals surface area contributed by atoms with Gasteiger partial charge in [0.15, 0.2) is 0 Å². The van der Waals surface area contributed by atoms with Crippen LogP contribution in [0.5, 0.6) is 0 Å². The minimum Gasteiger partial charge on any atom is -0.206 e. The van der Waals surface area contributed by atoms with Crippen molar-refractivity contribution in [2.45, 2.75) is 39.5 Å². The van der Waals surface area contributed by atoms with Crippen LogP contribution in [0.1, 0.15) is 43.7 Å². The largest absolute Gasteiger partial charge is 0.206 e. The number of hydrogen-bond donors (Lipinski definition) is 0. The summed E-state index contributed by atoms with van der Waals surface area (Å²) in [6.07, 6.45) is 1.78. The summed E-state index contributed by atoms with van der Waals surface area (Å²) in [4.78, 5) is 0. The molecule has 2 heteroatoms. The summed E-state index contributed by atoms with van der Waals surface area (Å²) in [5, 5.41) is 0. The molecule has 0 amide bonds. The first-order valence-electron chi connectivity index (χ1n) is 7.13. The summed E-state index contributed by atoms with van der Waals surface area (Å²) in [5.41, 5.74) is 2.33. The van der Waals surface area contributed by atoms with Crippen molar-refractivity contribution in [3.05, 3.63) is 59.2 Å². The summed E-state index contributed by atoms with van der Waals surface area (Å²) in [6.45, 7) is 5.95. The van der Waals surface area contributed by atoms with Gasteiger partial charge in [-0.2, -0.15) is 0 Å². The van der Waals surface area contributed by atoms with Gasteiger partial charge < -0.3 is 0 Å². The van der Waals surface area contributed by atoms with Crippen LogP contribution >= 0.6 is 0 Å². The van der Waals surface area contributed by atoms with Crippen LogP contribution in [0, 0.1) is 18.6 Å². The number of rotatable bonds is 4. The standard InChI is InChI=1S/C18H20F2/c1-4-13(5-2)14-10-16(19)18(17(20)11-14)15-9-7-6-8-12(15)3/h6-11,13H,4-5H2,1-3H3. The van der Waals surface area contributed by atoms with E-state index in [1.165, 1.54) is 12.1 Å². The highest BCUT2D eigenvalue weighted by Gasteiger charge is 2.17. The van der Waals surface area contributed by atoms with Gasteiger partial charge in [0.05, 0.1) is 5.56 Å². The summed E-state index contributed by atoms with van der Waals surface area (Å²) in [5.74, 6) is -0.729. The first-order chi connectivity index (χ1) is 9.58. The van der Waals surface area contributed by atoms with Gasteiger partial charge in [-0.05, 0) is 54.5 Å². The summed E-state index contributed by atoms with van der Waals surface area (Å²) in [6, 6.07) is 10.3. The first kappa shape index (κ1) is 14.7. The van der Waals surface area contributed by atoms with Gasteiger partial charge >= 0.3 is 0 Å². The lowest BCUT2D eigenvalue weighted by Crippen LogP contribution is -2.00. The molecule has 0 radical (unpaired) electrons. The molecule has 0 aliphatic heterocycles. The Balaban J connectivity index is 2.55. The number of aryl methyl sites for hydroxylation is 1. The Morgan fingerprint density at radius 3 is 2.00 bits per heavy atom. The molecule has 0 spiro atoms. The third-order valence-electron chi connectivity index (χ3n) is 3.94. The fourth-order valence-corrected chi connectivity index (χ4v) is 2.70. The third kappa shape index (κ3) is 2.74. The number of halogens is 2. The van der Waals surface area contributed by atoms with E-state index in [9.17, 15) is 8.78 Å². The highest BCUT2D eigenvalue weighted by molar-refractivity contribution is 5.68. The van der Waals surface area contributed by atoms with E-state index in [2.05, 4.69) is 0 Å². The molecule has 0 aliphatic carbocycles. The lowest BCUT2D eigenvalue weighted by molar-refractivity contribution is 0.570. The second-order valence-electron chi connectivity index (χ2n) is 5.19. The van der Waals surface area contributed by atoms with Crippen LogP contribution in [0.25, 0.3) is 11.1 Å². The van der Waals surface area contributed by atoms with Crippen molar-refractivity contribution in [1.29, 1.82) is 0 Å². The minimum atomic E-state index is -0.471. The fourth-order valence-electron chi connectivity index (χ4n) is 2.70. The maximum absolute atomic E-state index is 14.4. The highest BCUT2D eigenvalue weighted by Crippen LogP contribution is 2.33. The van der Waals surface area contributed by atoms with Crippen LogP contribution in [0.15, 0.2) is 36.4 Å². The Bertz CT molecular complexity index is 575. The van der Waals surface area contributed by atoms with Crippen molar-refractivity contribution in [2.75, 3.05) is 0 Å². The lowest BCUT2D eigenvalue weighted by atomic mass is 9.91. The van der Waals surface area contributed by atoms with Crippen LogP contribution in [0.4, 0.5) is 8.78 Å². The van der Waals surface area contributed by atoms with E-state index >= 15 is 0 Å². The molecule has 0 unspecified atom stereocenters. The van der Waals surface area contributed by atoms with E-state index in [1.54, 1.807) is 12.1 Å².